The van der Waals surface area contributed by atoms with Gasteiger partial charge in [-0.2, -0.15) is 0 Å². The normalized spacial score (nSPS) is 15.2. The molecule has 0 bridgehead atoms. The molecule has 0 radical (unpaired) electrons. The van der Waals surface area contributed by atoms with E-state index < -0.39 is 0 Å². The number of aliphatic hydroxyl groups excluding tert-OH is 1. The van der Waals surface area contributed by atoms with Crippen LogP contribution in [-0.2, 0) is 6.42 Å². The standard InChI is InChI=1S/C13H18BrFO/c1-9(2)13(3,8-16)7-10-6-11(14)4-5-12(10)15/h4-6,9,16H,7-8H2,1-3H3. The van der Waals surface area contributed by atoms with Gasteiger partial charge in [0.05, 0.1) is 0 Å². The first-order valence-corrected chi connectivity index (χ1v) is 6.23. The smallest absolute Gasteiger partial charge is 0.126 e. The minimum atomic E-state index is -0.276. The zero-order valence-electron chi connectivity index (χ0n) is 9.93. The third-order valence-electron chi connectivity index (χ3n) is 3.36. The SMILES string of the molecule is CC(C)C(C)(CO)Cc1cc(Br)ccc1F. The number of aliphatic hydroxyl groups is 1. The molecular weight excluding hydrogens is 271 g/mol. The third-order valence-corrected chi connectivity index (χ3v) is 3.85. The van der Waals surface area contributed by atoms with Gasteiger partial charge in [-0.25, -0.2) is 4.39 Å². The van der Waals surface area contributed by atoms with E-state index in [0.717, 1.165) is 4.47 Å². The van der Waals surface area contributed by atoms with Crippen molar-refractivity contribution in [3.63, 3.8) is 0 Å². The van der Waals surface area contributed by atoms with Crippen molar-refractivity contribution in [2.24, 2.45) is 11.3 Å². The number of halogens is 2. The van der Waals surface area contributed by atoms with E-state index in [-0.39, 0.29) is 17.8 Å². The third kappa shape index (κ3) is 3.05. The van der Waals surface area contributed by atoms with Gasteiger partial charge >= 0.3 is 0 Å². The molecule has 0 aliphatic rings. The van der Waals surface area contributed by atoms with Crippen LogP contribution in [0.1, 0.15) is 26.3 Å². The zero-order valence-corrected chi connectivity index (χ0v) is 11.5. The van der Waals surface area contributed by atoms with Crippen molar-refractivity contribution >= 4 is 15.9 Å². The Hall–Kier alpha value is -0.410. The van der Waals surface area contributed by atoms with Gasteiger partial charge in [0.15, 0.2) is 0 Å². The lowest BCUT2D eigenvalue weighted by atomic mass is 9.75. The Morgan fingerprint density at radius 1 is 1.44 bits per heavy atom. The molecule has 1 unspecified atom stereocenters. The first-order chi connectivity index (χ1) is 7.39. The van der Waals surface area contributed by atoms with Crippen molar-refractivity contribution < 1.29 is 9.50 Å². The van der Waals surface area contributed by atoms with Crippen molar-refractivity contribution in [1.82, 2.24) is 0 Å². The van der Waals surface area contributed by atoms with Crippen LogP contribution in [0.15, 0.2) is 22.7 Å². The van der Waals surface area contributed by atoms with Crippen molar-refractivity contribution in [3.8, 4) is 0 Å². The minimum absolute atomic E-state index is 0.0661. The Bertz CT molecular complexity index is 365. The van der Waals surface area contributed by atoms with E-state index in [0.29, 0.717) is 17.9 Å². The van der Waals surface area contributed by atoms with Crippen LogP contribution in [0, 0.1) is 17.2 Å². The second kappa shape index (κ2) is 5.28. The fourth-order valence-corrected chi connectivity index (χ4v) is 1.96. The summed E-state index contributed by atoms with van der Waals surface area (Å²) in [4.78, 5) is 0. The van der Waals surface area contributed by atoms with E-state index in [1.807, 2.05) is 20.8 Å². The fourth-order valence-electron chi connectivity index (χ4n) is 1.56. The number of hydrogen-bond donors (Lipinski definition) is 1. The van der Waals surface area contributed by atoms with Gasteiger partial charge in [-0.15, -0.1) is 0 Å². The maximum Gasteiger partial charge on any atom is 0.126 e. The predicted molar refractivity (Wildman–Crippen MR) is 67.8 cm³/mol. The molecule has 1 atom stereocenters. The molecule has 90 valence electrons. The van der Waals surface area contributed by atoms with E-state index in [1.54, 1.807) is 12.1 Å². The van der Waals surface area contributed by atoms with Crippen LogP contribution in [0.4, 0.5) is 4.39 Å². The second-order valence-electron chi connectivity index (χ2n) is 4.88. The van der Waals surface area contributed by atoms with Crippen molar-refractivity contribution in [1.29, 1.82) is 0 Å². The Balaban J connectivity index is 2.98. The Morgan fingerprint density at radius 2 is 2.06 bits per heavy atom. The average molecular weight is 289 g/mol. The molecule has 0 amide bonds. The molecule has 1 aromatic carbocycles. The molecule has 0 saturated heterocycles. The molecule has 0 saturated carbocycles. The summed E-state index contributed by atoms with van der Waals surface area (Å²) in [6.45, 7) is 6.15. The highest BCUT2D eigenvalue weighted by Gasteiger charge is 2.28. The lowest BCUT2D eigenvalue weighted by Crippen LogP contribution is -2.30. The second-order valence-corrected chi connectivity index (χ2v) is 5.80. The zero-order chi connectivity index (χ0) is 12.3. The van der Waals surface area contributed by atoms with E-state index in [4.69, 9.17) is 0 Å². The highest BCUT2D eigenvalue weighted by Crippen LogP contribution is 2.32. The van der Waals surface area contributed by atoms with Crippen molar-refractivity contribution in [2.75, 3.05) is 6.61 Å². The molecule has 0 heterocycles. The van der Waals surface area contributed by atoms with Crippen LogP contribution in [-0.4, -0.2) is 11.7 Å². The van der Waals surface area contributed by atoms with Gasteiger partial charge in [-0.3, -0.25) is 0 Å². The molecule has 1 rings (SSSR count). The summed E-state index contributed by atoms with van der Waals surface area (Å²) in [5, 5.41) is 9.44. The van der Waals surface area contributed by atoms with E-state index in [2.05, 4.69) is 15.9 Å². The van der Waals surface area contributed by atoms with Crippen molar-refractivity contribution in [2.45, 2.75) is 27.2 Å². The molecule has 1 aromatic rings. The lowest BCUT2D eigenvalue weighted by molar-refractivity contribution is 0.0938. The van der Waals surface area contributed by atoms with Crippen LogP contribution in [0.2, 0.25) is 0 Å². The minimum Gasteiger partial charge on any atom is -0.396 e. The summed E-state index contributed by atoms with van der Waals surface area (Å²) in [7, 11) is 0. The van der Waals surface area contributed by atoms with Gasteiger partial charge in [0, 0.05) is 11.1 Å². The summed E-state index contributed by atoms with van der Waals surface area (Å²) in [5.74, 6) is 0.0967. The Labute approximate surface area is 105 Å². The van der Waals surface area contributed by atoms with Crippen LogP contribution in [0.5, 0.6) is 0 Å². The fraction of sp³-hybridized carbons (Fsp3) is 0.538. The monoisotopic (exact) mass is 288 g/mol. The van der Waals surface area contributed by atoms with E-state index in [9.17, 15) is 9.50 Å². The molecule has 0 spiro atoms. The summed E-state index contributed by atoms with van der Waals surface area (Å²) >= 11 is 3.33. The quantitative estimate of drug-likeness (QED) is 0.894. The first kappa shape index (κ1) is 13.7. The molecule has 0 aliphatic heterocycles. The number of benzene rings is 1. The van der Waals surface area contributed by atoms with Gasteiger partial charge in [0.1, 0.15) is 5.82 Å². The van der Waals surface area contributed by atoms with Crippen LogP contribution < -0.4 is 0 Å². The molecule has 0 aromatic heterocycles. The van der Waals surface area contributed by atoms with Gasteiger partial charge in [-0.1, -0.05) is 36.7 Å². The maximum atomic E-state index is 13.6. The van der Waals surface area contributed by atoms with Crippen LogP contribution in [0.25, 0.3) is 0 Å². The highest BCUT2D eigenvalue weighted by atomic mass is 79.9. The van der Waals surface area contributed by atoms with E-state index in [1.165, 1.54) is 6.07 Å². The van der Waals surface area contributed by atoms with Gasteiger partial charge in [-0.05, 0) is 41.5 Å². The highest BCUT2D eigenvalue weighted by molar-refractivity contribution is 9.10. The van der Waals surface area contributed by atoms with Crippen LogP contribution in [0.3, 0.4) is 0 Å². The lowest BCUT2D eigenvalue weighted by Gasteiger charge is -2.32. The van der Waals surface area contributed by atoms with Gasteiger partial charge in [0.2, 0.25) is 0 Å². The van der Waals surface area contributed by atoms with E-state index >= 15 is 0 Å². The molecule has 1 N–H and O–H groups in total. The largest absolute Gasteiger partial charge is 0.396 e. The molecule has 0 fully saturated rings. The molecular formula is C13H18BrFO. The van der Waals surface area contributed by atoms with Gasteiger partial charge < -0.3 is 5.11 Å². The number of rotatable bonds is 4. The molecule has 16 heavy (non-hydrogen) atoms. The summed E-state index contributed by atoms with van der Waals surface area (Å²) in [6.07, 6.45) is 0.548. The maximum absolute atomic E-state index is 13.6. The topological polar surface area (TPSA) is 20.2 Å². The molecule has 0 aliphatic carbocycles. The predicted octanol–water partition coefficient (Wildman–Crippen LogP) is 3.79. The van der Waals surface area contributed by atoms with Gasteiger partial charge in [0.25, 0.3) is 0 Å². The first-order valence-electron chi connectivity index (χ1n) is 5.44. The molecule has 1 nitrogen and oxygen atoms in total. The number of hydrogen-bond acceptors (Lipinski definition) is 1. The Morgan fingerprint density at radius 3 is 2.56 bits per heavy atom. The average Bonchev–Trinajstić information content (AvgIpc) is 2.23. The summed E-state index contributed by atoms with van der Waals surface area (Å²) in [5.41, 5.74) is 0.376. The van der Waals surface area contributed by atoms with Crippen LogP contribution >= 0.6 is 15.9 Å². The Kier molecular flexibility index (Phi) is 4.51. The van der Waals surface area contributed by atoms with Crippen molar-refractivity contribution in [3.05, 3.63) is 34.1 Å². The summed E-state index contributed by atoms with van der Waals surface area (Å²) in [6, 6.07) is 4.92. The molecule has 3 heteroatoms. The summed E-state index contributed by atoms with van der Waals surface area (Å²) < 4.78 is 14.5.